The molecule has 0 spiro atoms. The topological polar surface area (TPSA) is 29.3 Å². The van der Waals surface area contributed by atoms with Gasteiger partial charge >= 0.3 is 0 Å². The van der Waals surface area contributed by atoms with Crippen molar-refractivity contribution in [2.75, 3.05) is 18.5 Å². The summed E-state index contributed by atoms with van der Waals surface area (Å²) in [6.07, 6.45) is 1.01. The van der Waals surface area contributed by atoms with Crippen LogP contribution in [0.2, 0.25) is 4.34 Å². The summed E-state index contributed by atoms with van der Waals surface area (Å²) in [5, 5.41) is 1.20. The molecular formula is C9H15ClN2S. The highest BCUT2D eigenvalue weighted by Gasteiger charge is 2.04. The molecule has 2 nitrogen and oxygen atoms in total. The van der Waals surface area contributed by atoms with Crippen molar-refractivity contribution in [1.82, 2.24) is 0 Å². The highest BCUT2D eigenvalue weighted by Crippen LogP contribution is 2.28. The van der Waals surface area contributed by atoms with Gasteiger partial charge < -0.3 is 10.6 Å². The van der Waals surface area contributed by atoms with Crippen molar-refractivity contribution >= 4 is 27.9 Å². The summed E-state index contributed by atoms with van der Waals surface area (Å²) in [4.78, 5) is 2.18. The second-order valence-corrected chi connectivity index (χ2v) is 4.96. The summed E-state index contributed by atoms with van der Waals surface area (Å²) >= 11 is 7.43. The smallest absolute Gasteiger partial charge is 0.0950 e. The monoisotopic (exact) mass is 218 g/mol. The Morgan fingerprint density at radius 1 is 1.62 bits per heavy atom. The zero-order chi connectivity index (χ0) is 9.84. The van der Waals surface area contributed by atoms with E-state index in [1.165, 1.54) is 5.00 Å². The first kappa shape index (κ1) is 10.8. The Hall–Kier alpha value is -0.250. The molecule has 0 saturated heterocycles. The molecule has 0 aromatic carbocycles. The molecule has 1 rings (SSSR count). The second-order valence-electron chi connectivity index (χ2n) is 3.27. The van der Waals surface area contributed by atoms with Crippen LogP contribution < -0.4 is 10.6 Å². The van der Waals surface area contributed by atoms with Crippen molar-refractivity contribution in [2.45, 2.75) is 19.4 Å². The summed E-state index contributed by atoms with van der Waals surface area (Å²) in [7, 11) is 2.06. The van der Waals surface area contributed by atoms with Crippen LogP contribution in [-0.2, 0) is 0 Å². The van der Waals surface area contributed by atoms with Crippen LogP contribution >= 0.6 is 22.9 Å². The van der Waals surface area contributed by atoms with Gasteiger partial charge in [0.05, 0.1) is 9.34 Å². The van der Waals surface area contributed by atoms with Crippen molar-refractivity contribution in [3.63, 3.8) is 0 Å². The number of nitrogens with zero attached hydrogens (tertiary/aromatic N) is 1. The fourth-order valence-electron chi connectivity index (χ4n) is 1.02. The average Bonchev–Trinajstić information content (AvgIpc) is 2.47. The van der Waals surface area contributed by atoms with Gasteiger partial charge in [0.15, 0.2) is 0 Å². The van der Waals surface area contributed by atoms with E-state index in [4.69, 9.17) is 17.3 Å². The summed E-state index contributed by atoms with van der Waals surface area (Å²) in [5.74, 6) is 0. The van der Waals surface area contributed by atoms with E-state index in [0.717, 1.165) is 17.3 Å². The van der Waals surface area contributed by atoms with Gasteiger partial charge in [-0.05, 0) is 25.5 Å². The molecule has 74 valence electrons. The Balaban J connectivity index is 2.44. The van der Waals surface area contributed by atoms with Gasteiger partial charge in [0.1, 0.15) is 0 Å². The molecule has 1 unspecified atom stereocenters. The molecule has 0 bridgehead atoms. The molecule has 1 heterocycles. The van der Waals surface area contributed by atoms with Crippen LogP contribution in [0.4, 0.5) is 5.00 Å². The minimum absolute atomic E-state index is 0.262. The normalized spacial score (nSPS) is 12.9. The van der Waals surface area contributed by atoms with E-state index in [0.29, 0.717) is 0 Å². The number of hydrogen-bond donors (Lipinski definition) is 1. The number of thiophene rings is 1. The molecule has 0 amide bonds. The zero-order valence-electron chi connectivity index (χ0n) is 7.96. The quantitative estimate of drug-likeness (QED) is 0.842. The van der Waals surface area contributed by atoms with E-state index >= 15 is 0 Å². The van der Waals surface area contributed by atoms with Crippen molar-refractivity contribution in [3.05, 3.63) is 16.5 Å². The predicted octanol–water partition coefficient (Wildman–Crippen LogP) is 2.58. The molecule has 0 aliphatic carbocycles. The van der Waals surface area contributed by atoms with Gasteiger partial charge in [-0.2, -0.15) is 0 Å². The Morgan fingerprint density at radius 3 is 2.77 bits per heavy atom. The summed E-state index contributed by atoms with van der Waals surface area (Å²) < 4.78 is 0.836. The van der Waals surface area contributed by atoms with Crippen molar-refractivity contribution < 1.29 is 0 Å². The van der Waals surface area contributed by atoms with E-state index in [1.54, 1.807) is 11.3 Å². The van der Waals surface area contributed by atoms with Crippen LogP contribution in [0.25, 0.3) is 0 Å². The molecule has 4 heteroatoms. The fourth-order valence-corrected chi connectivity index (χ4v) is 2.04. The summed E-state index contributed by atoms with van der Waals surface area (Å²) in [6, 6.07) is 4.22. The van der Waals surface area contributed by atoms with Gasteiger partial charge in [-0.15, -0.1) is 11.3 Å². The van der Waals surface area contributed by atoms with E-state index in [1.807, 2.05) is 19.1 Å². The number of anilines is 1. The lowest BCUT2D eigenvalue weighted by atomic mass is 10.2. The zero-order valence-corrected chi connectivity index (χ0v) is 9.53. The standard InChI is InChI=1S/C9H15ClN2S/c1-7(11)5-6-12(2)9-4-3-8(10)13-9/h3-4,7H,5-6,11H2,1-2H3. The second kappa shape index (κ2) is 4.84. The first-order valence-corrected chi connectivity index (χ1v) is 5.51. The Labute approximate surface area is 88.3 Å². The van der Waals surface area contributed by atoms with E-state index < -0.39 is 0 Å². The van der Waals surface area contributed by atoms with Crippen LogP contribution in [0, 0.1) is 0 Å². The lowest BCUT2D eigenvalue weighted by Crippen LogP contribution is -2.25. The lowest BCUT2D eigenvalue weighted by molar-refractivity contribution is 0.660. The molecule has 13 heavy (non-hydrogen) atoms. The number of halogens is 1. The third-order valence-corrected chi connectivity index (χ3v) is 3.20. The Bertz CT molecular complexity index is 260. The summed E-state index contributed by atoms with van der Waals surface area (Å²) in [5.41, 5.74) is 5.67. The molecule has 1 atom stereocenters. The third-order valence-electron chi connectivity index (χ3n) is 1.86. The first-order chi connectivity index (χ1) is 6.09. The molecular weight excluding hydrogens is 204 g/mol. The van der Waals surface area contributed by atoms with Gasteiger partial charge in [-0.3, -0.25) is 0 Å². The third kappa shape index (κ3) is 3.55. The number of rotatable bonds is 4. The molecule has 0 aliphatic rings. The van der Waals surface area contributed by atoms with Gasteiger partial charge in [-0.1, -0.05) is 11.6 Å². The van der Waals surface area contributed by atoms with Crippen LogP contribution in [0.1, 0.15) is 13.3 Å². The fraction of sp³-hybridized carbons (Fsp3) is 0.556. The maximum atomic E-state index is 5.83. The van der Waals surface area contributed by atoms with Crippen molar-refractivity contribution in [3.8, 4) is 0 Å². The van der Waals surface area contributed by atoms with Crippen LogP contribution in [0.5, 0.6) is 0 Å². The molecule has 1 aromatic heterocycles. The first-order valence-electron chi connectivity index (χ1n) is 4.31. The number of nitrogens with two attached hydrogens (primary N) is 1. The molecule has 0 fully saturated rings. The maximum Gasteiger partial charge on any atom is 0.0950 e. The Morgan fingerprint density at radius 2 is 2.31 bits per heavy atom. The molecule has 0 saturated carbocycles. The van der Waals surface area contributed by atoms with Crippen LogP contribution in [0.15, 0.2) is 12.1 Å². The summed E-state index contributed by atoms with van der Waals surface area (Å²) in [6.45, 7) is 3.00. The minimum Gasteiger partial charge on any atom is -0.366 e. The molecule has 1 aromatic rings. The van der Waals surface area contributed by atoms with Crippen LogP contribution in [-0.4, -0.2) is 19.6 Å². The SMILES string of the molecule is CC(N)CCN(C)c1ccc(Cl)s1. The average molecular weight is 219 g/mol. The highest BCUT2D eigenvalue weighted by molar-refractivity contribution is 7.19. The Kier molecular flexibility index (Phi) is 4.03. The highest BCUT2D eigenvalue weighted by atomic mass is 35.5. The van der Waals surface area contributed by atoms with Gasteiger partial charge in [-0.25, -0.2) is 0 Å². The van der Waals surface area contributed by atoms with Crippen molar-refractivity contribution in [1.29, 1.82) is 0 Å². The van der Waals surface area contributed by atoms with Gasteiger partial charge in [0.25, 0.3) is 0 Å². The van der Waals surface area contributed by atoms with E-state index in [2.05, 4.69) is 11.9 Å². The minimum atomic E-state index is 0.262. The molecule has 2 N–H and O–H groups in total. The molecule has 0 radical (unpaired) electrons. The lowest BCUT2D eigenvalue weighted by Gasteiger charge is -2.17. The van der Waals surface area contributed by atoms with Crippen molar-refractivity contribution in [2.24, 2.45) is 5.73 Å². The van der Waals surface area contributed by atoms with Gasteiger partial charge in [0, 0.05) is 19.6 Å². The van der Waals surface area contributed by atoms with E-state index in [9.17, 15) is 0 Å². The van der Waals surface area contributed by atoms with Gasteiger partial charge in [0.2, 0.25) is 0 Å². The largest absolute Gasteiger partial charge is 0.366 e. The predicted molar refractivity (Wildman–Crippen MR) is 60.9 cm³/mol. The maximum absolute atomic E-state index is 5.83. The number of hydrogen-bond acceptors (Lipinski definition) is 3. The van der Waals surface area contributed by atoms with Crippen LogP contribution in [0.3, 0.4) is 0 Å². The van der Waals surface area contributed by atoms with E-state index in [-0.39, 0.29) is 6.04 Å². The molecule has 0 aliphatic heterocycles.